The van der Waals surface area contributed by atoms with Gasteiger partial charge in [-0.2, -0.15) is 13.2 Å². The zero-order valence-corrected chi connectivity index (χ0v) is 15.3. The quantitative estimate of drug-likeness (QED) is 0.299. The molecule has 29 heavy (non-hydrogen) atoms. The highest BCUT2D eigenvalue weighted by molar-refractivity contribution is 7.80. The van der Waals surface area contributed by atoms with Gasteiger partial charge in [0, 0.05) is 17.7 Å². The molecule has 1 saturated heterocycles. The summed E-state index contributed by atoms with van der Waals surface area (Å²) in [5.41, 5.74) is -3.84. The molecule has 1 aliphatic rings. The van der Waals surface area contributed by atoms with Crippen LogP contribution < -0.4 is 10.6 Å². The van der Waals surface area contributed by atoms with E-state index in [1.165, 1.54) is 36.4 Å². The Morgan fingerprint density at radius 2 is 1.72 bits per heavy atom. The van der Waals surface area contributed by atoms with E-state index >= 15 is 0 Å². The minimum Gasteiger partial charge on any atom is -0.363 e. The van der Waals surface area contributed by atoms with Crippen LogP contribution in [0.4, 0.5) is 18.9 Å². The van der Waals surface area contributed by atoms with Crippen LogP contribution in [0.25, 0.3) is 0 Å². The Hall–Kier alpha value is -3.05. The van der Waals surface area contributed by atoms with Crippen molar-refractivity contribution in [2.45, 2.75) is 17.9 Å². The summed E-state index contributed by atoms with van der Waals surface area (Å²) in [6.45, 7) is 0. The molecule has 2 aromatic rings. The van der Waals surface area contributed by atoms with Crippen LogP contribution in [0.5, 0.6) is 0 Å². The lowest BCUT2D eigenvalue weighted by molar-refractivity contribution is -0.384. The second-order valence-corrected chi connectivity index (χ2v) is 6.81. The average Bonchev–Trinajstić information content (AvgIpc) is 2.67. The largest absolute Gasteiger partial charge is 0.437 e. The van der Waals surface area contributed by atoms with Crippen molar-refractivity contribution in [2.24, 2.45) is 5.92 Å². The maximum Gasteiger partial charge on any atom is 0.437 e. The Labute approximate surface area is 167 Å². The molecule has 0 amide bonds. The number of ketones is 1. The first-order valence-corrected chi connectivity index (χ1v) is 8.67. The van der Waals surface area contributed by atoms with Crippen molar-refractivity contribution in [3.63, 3.8) is 0 Å². The van der Waals surface area contributed by atoms with Gasteiger partial charge in [-0.1, -0.05) is 42.5 Å². The van der Waals surface area contributed by atoms with Gasteiger partial charge in [0.1, 0.15) is 5.92 Å². The third-order valence-corrected chi connectivity index (χ3v) is 4.83. The number of hydrogen-bond acceptors (Lipinski definition) is 5. The third-order valence-electron chi connectivity index (χ3n) is 4.61. The number of aliphatic hydroxyl groups is 1. The Bertz CT molecular complexity index is 953. The van der Waals surface area contributed by atoms with Crippen molar-refractivity contribution in [3.8, 4) is 0 Å². The van der Waals surface area contributed by atoms with Gasteiger partial charge in [0.15, 0.2) is 10.9 Å². The van der Waals surface area contributed by atoms with Crippen LogP contribution in [0.2, 0.25) is 0 Å². The van der Waals surface area contributed by atoms with E-state index in [-0.39, 0.29) is 16.8 Å². The van der Waals surface area contributed by atoms with Crippen molar-refractivity contribution < 1.29 is 28.0 Å². The number of Topliss-reactive ketones (excluding diaryl/α,β-unsaturated/α-hetero) is 1. The first kappa shape index (κ1) is 20.7. The summed E-state index contributed by atoms with van der Waals surface area (Å²) >= 11 is 4.82. The van der Waals surface area contributed by atoms with Crippen molar-refractivity contribution in [1.29, 1.82) is 0 Å². The first-order chi connectivity index (χ1) is 13.5. The molecule has 2 aromatic carbocycles. The molecular formula is C18H14F3N3O4S. The summed E-state index contributed by atoms with van der Waals surface area (Å²) in [7, 11) is 0. The SMILES string of the molecule is O=C(c1ccccc1)[C@@H]1[C@@H](c2ccc([N+](=O)[O-])cc2)NC(=S)N[C@]1(O)C(F)(F)F. The number of nitrogens with zero attached hydrogens (tertiary/aromatic N) is 1. The number of carbonyl (C=O) groups excluding carboxylic acids is 1. The molecule has 0 radical (unpaired) electrons. The minimum absolute atomic E-state index is 0.0384. The molecule has 0 saturated carbocycles. The number of rotatable bonds is 4. The van der Waals surface area contributed by atoms with Crippen molar-refractivity contribution >= 4 is 28.8 Å². The second-order valence-electron chi connectivity index (χ2n) is 6.40. The summed E-state index contributed by atoms with van der Waals surface area (Å²) in [6.07, 6.45) is -5.24. The van der Waals surface area contributed by atoms with E-state index in [0.29, 0.717) is 0 Å². The van der Waals surface area contributed by atoms with Gasteiger partial charge in [0.25, 0.3) is 5.69 Å². The number of hydrogen-bond donors (Lipinski definition) is 3. The van der Waals surface area contributed by atoms with Crippen LogP contribution in [-0.2, 0) is 0 Å². The van der Waals surface area contributed by atoms with Gasteiger partial charge in [0.2, 0.25) is 5.72 Å². The van der Waals surface area contributed by atoms with E-state index in [0.717, 1.165) is 12.1 Å². The lowest BCUT2D eigenvalue weighted by Crippen LogP contribution is -2.72. The molecule has 3 atom stereocenters. The number of nitro groups is 1. The number of benzene rings is 2. The lowest BCUT2D eigenvalue weighted by Gasteiger charge is -2.46. The summed E-state index contributed by atoms with van der Waals surface area (Å²) in [5, 5.41) is 25.3. The molecule has 0 spiro atoms. The summed E-state index contributed by atoms with van der Waals surface area (Å²) in [6, 6.07) is 10.5. The number of nitro benzene ring substituents is 1. The summed E-state index contributed by atoms with van der Waals surface area (Å²) in [4.78, 5) is 23.2. The topological polar surface area (TPSA) is 104 Å². The highest BCUT2D eigenvalue weighted by Crippen LogP contribution is 2.44. The number of non-ortho nitro benzene ring substituents is 1. The molecule has 0 aliphatic carbocycles. The molecule has 1 fully saturated rings. The van der Waals surface area contributed by atoms with E-state index < -0.39 is 39.7 Å². The van der Waals surface area contributed by atoms with E-state index in [2.05, 4.69) is 5.32 Å². The fourth-order valence-electron chi connectivity index (χ4n) is 3.20. The second kappa shape index (κ2) is 7.41. The highest BCUT2D eigenvalue weighted by Gasteiger charge is 2.65. The molecule has 0 bridgehead atoms. The lowest BCUT2D eigenvalue weighted by atomic mass is 9.77. The minimum atomic E-state index is -5.24. The maximum atomic E-state index is 13.8. The summed E-state index contributed by atoms with van der Waals surface area (Å²) in [5.74, 6) is -3.03. The monoisotopic (exact) mass is 425 g/mol. The van der Waals surface area contributed by atoms with Gasteiger partial charge in [-0.3, -0.25) is 14.9 Å². The number of carbonyl (C=O) groups is 1. The van der Waals surface area contributed by atoms with E-state index in [4.69, 9.17) is 12.2 Å². The average molecular weight is 425 g/mol. The number of alkyl halides is 3. The molecule has 3 rings (SSSR count). The van der Waals surface area contributed by atoms with Crippen LogP contribution in [0.3, 0.4) is 0 Å². The highest BCUT2D eigenvalue weighted by atomic mass is 32.1. The standard InChI is InChI=1S/C18H14F3N3O4S/c19-18(20,21)17(26)13(15(25)11-4-2-1-3-5-11)14(22-16(29)23-17)10-6-8-12(9-7-10)24(27)28/h1-9,13-14,26H,(H2,22,23,29)/t13-,14+,17+/m0/s1. The fraction of sp³-hybridized carbons (Fsp3) is 0.222. The number of nitrogens with one attached hydrogen (secondary N) is 2. The van der Waals surface area contributed by atoms with Crippen molar-refractivity contribution in [1.82, 2.24) is 10.6 Å². The van der Waals surface area contributed by atoms with Crippen LogP contribution in [-0.4, -0.2) is 32.8 Å². The van der Waals surface area contributed by atoms with Crippen molar-refractivity contribution in [2.75, 3.05) is 0 Å². The first-order valence-electron chi connectivity index (χ1n) is 8.26. The van der Waals surface area contributed by atoms with Gasteiger partial charge >= 0.3 is 6.18 Å². The van der Waals surface area contributed by atoms with E-state index in [1.54, 1.807) is 11.4 Å². The number of halogens is 3. The molecule has 152 valence electrons. The molecule has 0 unspecified atom stereocenters. The Morgan fingerprint density at radius 3 is 2.24 bits per heavy atom. The molecule has 1 aliphatic heterocycles. The zero-order valence-electron chi connectivity index (χ0n) is 14.5. The Kier molecular flexibility index (Phi) is 5.28. The van der Waals surface area contributed by atoms with Crippen LogP contribution in [0.15, 0.2) is 54.6 Å². The normalized spacial score (nSPS) is 24.3. The Morgan fingerprint density at radius 1 is 1.14 bits per heavy atom. The molecule has 11 heteroatoms. The van der Waals surface area contributed by atoms with Gasteiger partial charge in [-0.05, 0) is 17.8 Å². The molecule has 1 heterocycles. The molecule has 0 aromatic heterocycles. The summed E-state index contributed by atoms with van der Waals surface area (Å²) < 4.78 is 41.5. The van der Waals surface area contributed by atoms with Gasteiger partial charge < -0.3 is 15.7 Å². The Balaban J connectivity index is 2.14. The van der Waals surface area contributed by atoms with Crippen molar-refractivity contribution in [3.05, 3.63) is 75.8 Å². The predicted molar refractivity (Wildman–Crippen MR) is 100.0 cm³/mol. The maximum absolute atomic E-state index is 13.8. The molecular weight excluding hydrogens is 411 g/mol. The molecule has 7 nitrogen and oxygen atoms in total. The molecule has 3 N–H and O–H groups in total. The number of thiocarbonyl (C=S) groups is 1. The zero-order chi connectivity index (χ0) is 21.4. The predicted octanol–water partition coefficient (Wildman–Crippen LogP) is 2.86. The van der Waals surface area contributed by atoms with Gasteiger partial charge in [-0.15, -0.1) is 0 Å². The van der Waals surface area contributed by atoms with Gasteiger partial charge in [-0.25, -0.2) is 0 Å². The van der Waals surface area contributed by atoms with Crippen LogP contribution >= 0.6 is 12.2 Å². The van der Waals surface area contributed by atoms with Crippen LogP contribution in [0.1, 0.15) is 22.0 Å². The van der Waals surface area contributed by atoms with E-state index in [9.17, 15) is 33.2 Å². The van der Waals surface area contributed by atoms with Gasteiger partial charge in [0.05, 0.1) is 11.0 Å². The smallest absolute Gasteiger partial charge is 0.363 e. The van der Waals surface area contributed by atoms with Crippen LogP contribution in [0, 0.1) is 16.0 Å². The fourth-order valence-corrected chi connectivity index (χ4v) is 3.48. The van der Waals surface area contributed by atoms with E-state index in [1.807, 2.05) is 0 Å². The third kappa shape index (κ3) is 3.78.